The molecular weight excluding hydrogens is 362 g/mol. The number of nitrogens with one attached hydrogen (secondary N) is 2. The van der Waals surface area contributed by atoms with Crippen LogP contribution in [0.25, 0.3) is 21.6 Å². The summed E-state index contributed by atoms with van der Waals surface area (Å²) in [5.74, 6) is 0. The van der Waals surface area contributed by atoms with Crippen molar-refractivity contribution >= 4 is 32.8 Å². The van der Waals surface area contributed by atoms with Crippen molar-refractivity contribution in [1.82, 2.24) is 20.3 Å². The number of aromatic nitrogens is 3. The fourth-order valence-electron chi connectivity index (χ4n) is 2.49. The van der Waals surface area contributed by atoms with E-state index in [2.05, 4.69) is 32.5 Å². The summed E-state index contributed by atoms with van der Waals surface area (Å²) in [4.78, 5) is 26.0. The van der Waals surface area contributed by atoms with Crippen LogP contribution in [0.1, 0.15) is 25.3 Å². The maximum atomic E-state index is 12.0. The molecule has 0 aromatic carbocycles. The second-order valence-corrected chi connectivity index (χ2v) is 7.12. The Labute approximate surface area is 162 Å². The fourth-order valence-corrected chi connectivity index (χ4v) is 3.32. The van der Waals surface area contributed by atoms with Crippen LogP contribution < -0.4 is 10.6 Å². The average Bonchev–Trinajstić information content (AvgIpc) is 3.05. The van der Waals surface area contributed by atoms with E-state index in [1.807, 2.05) is 31.3 Å². The van der Waals surface area contributed by atoms with Gasteiger partial charge in [-0.3, -0.25) is 10.3 Å². The molecule has 3 aromatic heterocycles. The second kappa shape index (κ2) is 9.38. The van der Waals surface area contributed by atoms with E-state index >= 15 is 0 Å². The van der Waals surface area contributed by atoms with Gasteiger partial charge in [-0.1, -0.05) is 18.3 Å². The van der Waals surface area contributed by atoms with Crippen molar-refractivity contribution in [1.29, 1.82) is 0 Å². The maximum absolute atomic E-state index is 12.0. The molecule has 7 nitrogen and oxygen atoms in total. The fraction of sp³-hybridized carbons (Fsp3) is 0.368. The zero-order valence-electron chi connectivity index (χ0n) is 15.5. The van der Waals surface area contributed by atoms with Crippen LogP contribution in [-0.4, -0.2) is 40.7 Å². The number of rotatable bonds is 8. The van der Waals surface area contributed by atoms with Crippen molar-refractivity contribution in [3.8, 4) is 11.3 Å². The maximum Gasteiger partial charge on any atom is 0.321 e. The highest BCUT2D eigenvalue weighted by Crippen LogP contribution is 2.27. The number of carbonyl (C=O) groups excluding carboxylic acids is 1. The van der Waals surface area contributed by atoms with Crippen LogP contribution in [0.5, 0.6) is 0 Å². The first-order valence-electron chi connectivity index (χ1n) is 8.98. The first-order valence-corrected chi connectivity index (χ1v) is 9.79. The summed E-state index contributed by atoms with van der Waals surface area (Å²) < 4.78 is 5.38. The Bertz CT molecular complexity index is 912. The van der Waals surface area contributed by atoms with Gasteiger partial charge in [0.05, 0.1) is 5.69 Å². The Balaban J connectivity index is 1.59. The molecule has 2 amide bonds. The van der Waals surface area contributed by atoms with Crippen LogP contribution in [0.15, 0.2) is 30.6 Å². The molecule has 0 saturated heterocycles. The molecule has 0 radical (unpaired) electrons. The molecule has 0 aliphatic carbocycles. The predicted molar refractivity (Wildman–Crippen MR) is 108 cm³/mol. The number of hydrogen-bond donors (Lipinski definition) is 2. The summed E-state index contributed by atoms with van der Waals surface area (Å²) in [6.45, 7) is 6.03. The molecule has 27 heavy (non-hydrogen) atoms. The van der Waals surface area contributed by atoms with Gasteiger partial charge in [0.1, 0.15) is 10.3 Å². The predicted octanol–water partition coefficient (Wildman–Crippen LogP) is 4.00. The molecule has 0 unspecified atom stereocenters. The number of thiazole rings is 1. The molecule has 3 aromatic rings. The summed E-state index contributed by atoms with van der Waals surface area (Å²) in [6, 6.07) is 5.59. The van der Waals surface area contributed by atoms with E-state index in [-0.39, 0.29) is 6.03 Å². The topological polar surface area (TPSA) is 89.0 Å². The number of hydrogen-bond acceptors (Lipinski definition) is 6. The number of carbonyl (C=O) groups is 1. The highest BCUT2D eigenvalue weighted by Gasteiger charge is 2.10. The molecule has 0 fully saturated rings. The lowest BCUT2D eigenvalue weighted by molar-refractivity contribution is 0.132. The van der Waals surface area contributed by atoms with E-state index in [1.54, 1.807) is 6.20 Å². The largest absolute Gasteiger partial charge is 0.381 e. The van der Waals surface area contributed by atoms with Crippen LogP contribution in [-0.2, 0) is 4.74 Å². The number of amides is 2. The number of anilines is 1. The third-order valence-corrected chi connectivity index (χ3v) is 4.63. The van der Waals surface area contributed by atoms with Gasteiger partial charge in [0, 0.05) is 37.7 Å². The van der Waals surface area contributed by atoms with Gasteiger partial charge in [-0.05, 0) is 43.5 Å². The molecule has 0 spiro atoms. The smallest absolute Gasteiger partial charge is 0.321 e. The minimum Gasteiger partial charge on any atom is -0.381 e. The third-order valence-electron chi connectivity index (χ3n) is 3.75. The Morgan fingerprint density at radius 3 is 2.93 bits per heavy atom. The van der Waals surface area contributed by atoms with Crippen molar-refractivity contribution in [2.24, 2.45) is 0 Å². The van der Waals surface area contributed by atoms with Gasteiger partial charge in [-0.25, -0.2) is 14.8 Å². The second-order valence-electron chi connectivity index (χ2n) is 6.14. The summed E-state index contributed by atoms with van der Waals surface area (Å²) >= 11 is 1.35. The average molecular weight is 385 g/mol. The Morgan fingerprint density at radius 2 is 2.11 bits per heavy atom. The van der Waals surface area contributed by atoms with Crippen molar-refractivity contribution < 1.29 is 9.53 Å². The normalized spacial score (nSPS) is 10.9. The van der Waals surface area contributed by atoms with E-state index in [0.29, 0.717) is 18.3 Å². The number of nitrogens with zero attached hydrogens (tertiary/aromatic N) is 3. The number of fused-ring (bicyclic) bond motifs is 1. The number of ether oxygens (including phenoxy) is 1. The highest BCUT2D eigenvalue weighted by atomic mass is 32.1. The lowest BCUT2D eigenvalue weighted by Gasteiger charge is -2.05. The van der Waals surface area contributed by atoms with E-state index in [4.69, 9.17) is 4.74 Å². The van der Waals surface area contributed by atoms with Gasteiger partial charge < -0.3 is 10.1 Å². The molecular formula is C19H23N5O2S. The van der Waals surface area contributed by atoms with Gasteiger partial charge in [-0.2, -0.15) is 0 Å². The standard InChI is InChI=1S/C19H23N5O2S/c1-3-8-26-9-4-7-21-18(25)24-19-23-16-6-5-15(22-17(16)27-19)14-10-13(2)11-20-12-14/h5-6,10-12H,3-4,7-9H2,1-2H3,(H2,21,23,24,25). The molecule has 0 aliphatic heterocycles. The molecule has 0 aliphatic rings. The third kappa shape index (κ3) is 5.45. The van der Waals surface area contributed by atoms with Crippen LogP contribution >= 0.6 is 11.3 Å². The first kappa shape index (κ1) is 19.2. The molecule has 0 atom stereocenters. The van der Waals surface area contributed by atoms with E-state index in [9.17, 15) is 4.79 Å². The summed E-state index contributed by atoms with van der Waals surface area (Å²) in [7, 11) is 0. The van der Waals surface area contributed by atoms with Crippen LogP contribution in [0.4, 0.5) is 9.93 Å². The molecule has 0 bridgehead atoms. The van der Waals surface area contributed by atoms with Gasteiger partial charge in [0.25, 0.3) is 0 Å². The molecule has 0 saturated carbocycles. The molecule has 3 rings (SSSR count). The monoisotopic (exact) mass is 385 g/mol. The molecule has 8 heteroatoms. The van der Waals surface area contributed by atoms with Crippen molar-refractivity contribution in [3.63, 3.8) is 0 Å². The number of pyridine rings is 2. The molecule has 3 heterocycles. The quantitative estimate of drug-likeness (QED) is 0.572. The lowest BCUT2D eigenvalue weighted by Crippen LogP contribution is -2.30. The van der Waals surface area contributed by atoms with Crippen LogP contribution in [0, 0.1) is 6.92 Å². The molecule has 2 N–H and O–H groups in total. The number of aryl methyl sites for hydroxylation is 1. The Hall–Kier alpha value is -2.58. The summed E-state index contributed by atoms with van der Waals surface area (Å²) in [6.07, 6.45) is 5.38. The van der Waals surface area contributed by atoms with Gasteiger partial charge in [0.2, 0.25) is 0 Å². The summed E-state index contributed by atoms with van der Waals surface area (Å²) in [5.41, 5.74) is 3.64. The lowest BCUT2D eigenvalue weighted by atomic mass is 10.1. The number of urea groups is 1. The van der Waals surface area contributed by atoms with Crippen molar-refractivity contribution in [3.05, 3.63) is 36.2 Å². The van der Waals surface area contributed by atoms with E-state index in [0.717, 1.165) is 46.6 Å². The van der Waals surface area contributed by atoms with Crippen molar-refractivity contribution in [2.45, 2.75) is 26.7 Å². The SMILES string of the molecule is CCCOCCCNC(=O)Nc1nc2ccc(-c3cncc(C)c3)nc2s1. The minimum atomic E-state index is -0.271. The van der Waals surface area contributed by atoms with Crippen LogP contribution in [0.2, 0.25) is 0 Å². The first-order chi connectivity index (χ1) is 13.2. The van der Waals surface area contributed by atoms with Gasteiger partial charge >= 0.3 is 6.03 Å². The zero-order chi connectivity index (χ0) is 19.1. The minimum absolute atomic E-state index is 0.271. The van der Waals surface area contributed by atoms with E-state index < -0.39 is 0 Å². The van der Waals surface area contributed by atoms with Gasteiger partial charge in [0.15, 0.2) is 5.13 Å². The molecule has 142 valence electrons. The van der Waals surface area contributed by atoms with E-state index in [1.165, 1.54) is 11.3 Å². The summed E-state index contributed by atoms with van der Waals surface area (Å²) in [5, 5.41) is 6.09. The Kier molecular flexibility index (Phi) is 6.67. The highest BCUT2D eigenvalue weighted by molar-refractivity contribution is 7.21. The van der Waals surface area contributed by atoms with Crippen LogP contribution in [0.3, 0.4) is 0 Å². The zero-order valence-corrected chi connectivity index (χ0v) is 16.3. The van der Waals surface area contributed by atoms with Crippen molar-refractivity contribution in [2.75, 3.05) is 25.1 Å². The Morgan fingerprint density at radius 1 is 1.22 bits per heavy atom. The van der Waals surface area contributed by atoms with Gasteiger partial charge in [-0.15, -0.1) is 0 Å².